The van der Waals surface area contributed by atoms with Crippen LogP contribution in [0.3, 0.4) is 0 Å². The Kier molecular flexibility index (Phi) is 43.9. The van der Waals surface area contributed by atoms with Gasteiger partial charge in [-0.3, -0.25) is 13.8 Å². The van der Waals surface area contributed by atoms with Crippen molar-refractivity contribution >= 4 is 13.8 Å². The maximum Gasteiger partial charge on any atom is 0.472 e. The average molecular weight is 881 g/mol. The summed E-state index contributed by atoms with van der Waals surface area (Å²) in [4.78, 5) is 22.9. The molecule has 8 nitrogen and oxygen atoms in total. The molecular formula is C52H99NO7P+. The van der Waals surface area contributed by atoms with Crippen LogP contribution in [0.15, 0.2) is 48.6 Å². The van der Waals surface area contributed by atoms with Gasteiger partial charge >= 0.3 is 13.8 Å². The van der Waals surface area contributed by atoms with Crippen LogP contribution >= 0.6 is 7.82 Å². The lowest BCUT2D eigenvalue weighted by Gasteiger charge is -2.24. The predicted molar refractivity (Wildman–Crippen MR) is 261 cm³/mol. The van der Waals surface area contributed by atoms with Crippen molar-refractivity contribution in [3.05, 3.63) is 48.6 Å². The van der Waals surface area contributed by atoms with E-state index < -0.39 is 19.9 Å². The maximum absolute atomic E-state index is 12.7. The SMILES string of the molecule is CC/C=C\C/C=C\C/C=C\C/C=C\CCC(=O)OC(COCCCCCCCCCCCCCCCCCCCCCCCCCCCC)COP(=O)(O)OCC[N+](C)(C)C. The lowest BCUT2D eigenvalue weighted by Crippen LogP contribution is -2.37. The number of quaternary nitrogens is 1. The van der Waals surface area contributed by atoms with Gasteiger partial charge < -0.3 is 18.9 Å². The largest absolute Gasteiger partial charge is 0.472 e. The summed E-state index contributed by atoms with van der Waals surface area (Å²) < 4.78 is 35.0. The molecule has 0 aliphatic rings. The van der Waals surface area contributed by atoms with E-state index in [1.165, 1.54) is 154 Å². The fourth-order valence-electron chi connectivity index (χ4n) is 7.04. The van der Waals surface area contributed by atoms with Gasteiger partial charge in [-0.15, -0.1) is 0 Å². The van der Waals surface area contributed by atoms with Crippen molar-refractivity contribution in [1.29, 1.82) is 0 Å². The molecule has 0 aromatic carbocycles. The molecule has 2 atom stereocenters. The number of unbranched alkanes of at least 4 members (excludes halogenated alkanes) is 25. The molecule has 1 N–H and O–H groups in total. The molecule has 0 aliphatic heterocycles. The zero-order valence-electron chi connectivity index (χ0n) is 40.7. The second kappa shape index (κ2) is 45.0. The van der Waals surface area contributed by atoms with Crippen LogP contribution in [-0.2, 0) is 27.9 Å². The molecule has 2 unspecified atom stereocenters. The second-order valence-electron chi connectivity index (χ2n) is 18.2. The van der Waals surface area contributed by atoms with Gasteiger partial charge in [-0.1, -0.05) is 223 Å². The molecule has 0 rings (SSSR count). The van der Waals surface area contributed by atoms with Crippen LogP contribution in [-0.4, -0.2) is 75.6 Å². The summed E-state index contributed by atoms with van der Waals surface area (Å²) in [6, 6.07) is 0. The molecule has 9 heteroatoms. The molecule has 0 aromatic rings. The molecule has 0 aromatic heterocycles. The first-order valence-electron chi connectivity index (χ1n) is 25.4. The molecule has 0 aliphatic carbocycles. The highest BCUT2D eigenvalue weighted by molar-refractivity contribution is 7.47. The number of esters is 1. The van der Waals surface area contributed by atoms with Crippen molar-refractivity contribution < 1.29 is 37.3 Å². The Labute approximate surface area is 378 Å². The van der Waals surface area contributed by atoms with Crippen LogP contribution in [0.4, 0.5) is 0 Å². The summed E-state index contributed by atoms with van der Waals surface area (Å²) >= 11 is 0. The number of carbonyl (C=O) groups excluding carboxylic acids is 1. The van der Waals surface area contributed by atoms with E-state index in [-0.39, 0.29) is 26.2 Å². The Morgan fingerprint density at radius 2 is 0.918 bits per heavy atom. The number of hydrogen-bond acceptors (Lipinski definition) is 6. The van der Waals surface area contributed by atoms with Crippen molar-refractivity contribution in [2.45, 2.75) is 225 Å². The minimum atomic E-state index is -4.29. The molecule has 0 spiro atoms. The minimum Gasteiger partial charge on any atom is -0.457 e. The Morgan fingerprint density at radius 3 is 1.33 bits per heavy atom. The second-order valence-corrected chi connectivity index (χ2v) is 19.6. The van der Waals surface area contributed by atoms with Gasteiger partial charge in [0.05, 0.1) is 34.4 Å². The van der Waals surface area contributed by atoms with Crippen molar-refractivity contribution in [1.82, 2.24) is 0 Å². The number of phosphoric ester groups is 1. The highest BCUT2D eigenvalue weighted by Crippen LogP contribution is 2.43. The standard InChI is InChI=1S/C52H98NO7P/c1-6-8-10-12-14-16-18-20-21-22-23-24-25-26-27-28-29-30-31-32-34-36-38-40-42-44-47-57-49-51(50-59-61(55,56)58-48-46-53(3,4)5)60-52(54)45-43-41-39-37-35-33-19-17-15-13-11-9-7-2/h9,11,15,17,33,35,39,41,51H,6-8,10,12-14,16,18-32,34,36-38,40,42-50H2,1-5H3/p+1/b11-9-,17-15-,35-33-,41-39-. The maximum atomic E-state index is 12.7. The summed E-state index contributed by atoms with van der Waals surface area (Å²) in [6.45, 7) is 5.44. The molecule has 0 saturated carbocycles. The van der Waals surface area contributed by atoms with E-state index >= 15 is 0 Å². The van der Waals surface area contributed by atoms with Gasteiger partial charge in [0, 0.05) is 13.0 Å². The average Bonchev–Trinajstić information content (AvgIpc) is 3.22. The first-order chi connectivity index (χ1) is 29.6. The number of likely N-dealkylation sites (N-methyl/N-ethyl adjacent to an activating group) is 1. The van der Waals surface area contributed by atoms with Crippen LogP contribution < -0.4 is 0 Å². The number of hydrogen-bond donors (Lipinski definition) is 1. The highest BCUT2D eigenvalue weighted by atomic mass is 31.2. The van der Waals surface area contributed by atoms with Gasteiger partial charge in [-0.2, -0.15) is 0 Å². The molecule has 0 saturated heterocycles. The topological polar surface area (TPSA) is 91.3 Å². The monoisotopic (exact) mass is 881 g/mol. The summed E-state index contributed by atoms with van der Waals surface area (Å²) in [6.07, 6.45) is 56.3. The third kappa shape index (κ3) is 49.3. The van der Waals surface area contributed by atoms with E-state index in [1.54, 1.807) is 0 Å². The quantitative estimate of drug-likeness (QED) is 0.0214. The van der Waals surface area contributed by atoms with Crippen LogP contribution in [0.5, 0.6) is 0 Å². The van der Waals surface area contributed by atoms with Crippen LogP contribution in [0.1, 0.15) is 219 Å². The Hall–Kier alpha value is -1.54. The molecule has 0 fully saturated rings. The summed E-state index contributed by atoms with van der Waals surface area (Å²) in [5.41, 5.74) is 0. The predicted octanol–water partition coefficient (Wildman–Crippen LogP) is 15.5. The fraction of sp³-hybridized carbons (Fsp3) is 0.827. The Balaban J connectivity index is 4.06. The molecule has 358 valence electrons. The van der Waals surface area contributed by atoms with Gasteiger partial charge in [0.15, 0.2) is 0 Å². The number of phosphoric acid groups is 1. The van der Waals surface area contributed by atoms with Crippen molar-refractivity contribution in [2.24, 2.45) is 0 Å². The van der Waals surface area contributed by atoms with Crippen LogP contribution in [0, 0.1) is 0 Å². The Bertz CT molecular complexity index is 1120. The number of allylic oxidation sites excluding steroid dienone is 8. The molecule has 0 heterocycles. The van der Waals surface area contributed by atoms with Crippen LogP contribution in [0.25, 0.3) is 0 Å². The van der Waals surface area contributed by atoms with Gasteiger partial charge in [-0.25, -0.2) is 4.57 Å². The zero-order valence-corrected chi connectivity index (χ0v) is 41.5. The number of carbonyl (C=O) groups is 1. The first kappa shape index (κ1) is 59.5. The van der Waals surface area contributed by atoms with Crippen molar-refractivity contribution in [3.8, 4) is 0 Å². The Morgan fingerprint density at radius 1 is 0.525 bits per heavy atom. The molecule has 0 radical (unpaired) electrons. The first-order valence-corrected chi connectivity index (χ1v) is 26.9. The van der Waals surface area contributed by atoms with E-state index in [0.717, 1.165) is 38.5 Å². The third-order valence-corrected chi connectivity index (χ3v) is 11.9. The van der Waals surface area contributed by atoms with Gasteiger partial charge in [0.1, 0.15) is 19.3 Å². The normalized spacial score (nSPS) is 14.0. The molecule has 61 heavy (non-hydrogen) atoms. The van der Waals surface area contributed by atoms with Crippen molar-refractivity contribution in [2.75, 3.05) is 54.1 Å². The fourth-order valence-corrected chi connectivity index (χ4v) is 7.78. The lowest BCUT2D eigenvalue weighted by molar-refractivity contribution is -0.870. The minimum absolute atomic E-state index is 0.0761. The van der Waals surface area contributed by atoms with E-state index in [9.17, 15) is 14.3 Å². The smallest absolute Gasteiger partial charge is 0.457 e. The summed E-state index contributed by atoms with van der Waals surface area (Å²) in [5, 5.41) is 0. The molecule has 0 amide bonds. The number of nitrogens with zero attached hydrogens (tertiary/aromatic N) is 1. The van der Waals surface area contributed by atoms with E-state index in [0.29, 0.717) is 24.1 Å². The van der Waals surface area contributed by atoms with E-state index in [2.05, 4.69) is 50.3 Å². The lowest BCUT2D eigenvalue weighted by atomic mass is 10.0. The van der Waals surface area contributed by atoms with Gasteiger partial charge in [0.25, 0.3) is 0 Å². The molecular weight excluding hydrogens is 782 g/mol. The van der Waals surface area contributed by atoms with Crippen molar-refractivity contribution in [3.63, 3.8) is 0 Å². The number of rotatable bonds is 47. The number of ether oxygens (including phenoxy) is 2. The highest BCUT2D eigenvalue weighted by Gasteiger charge is 2.26. The van der Waals surface area contributed by atoms with E-state index in [1.807, 2.05) is 33.3 Å². The van der Waals surface area contributed by atoms with E-state index in [4.69, 9.17) is 18.5 Å². The van der Waals surface area contributed by atoms with Crippen LogP contribution in [0.2, 0.25) is 0 Å². The van der Waals surface area contributed by atoms with Gasteiger partial charge in [0.2, 0.25) is 0 Å². The summed E-state index contributed by atoms with van der Waals surface area (Å²) in [7, 11) is 1.63. The molecule has 0 bridgehead atoms. The third-order valence-electron chi connectivity index (χ3n) is 10.9. The summed E-state index contributed by atoms with van der Waals surface area (Å²) in [5.74, 6) is -0.390. The van der Waals surface area contributed by atoms with Gasteiger partial charge in [-0.05, 0) is 38.5 Å². The zero-order chi connectivity index (χ0) is 44.8.